The van der Waals surface area contributed by atoms with Crippen LogP contribution < -0.4 is 9.88 Å². The Hall–Kier alpha value is -1.97. The van der Waals surface area contributed by atoms with Crippen LogP contribution in [0.5, 0.6) is 0 Å². The Morgan fingerprint density at radius 1 is 1.27 bits per heavy atom. The van der Waals surface area contributed by atoms with Gasteiger partial charge in [-0.05, 0) is 55.0 Å². The van der Waals surface area contributed by atoms with Gasteiger partial charge in [-0.2, -0.15) is 0 Å². The van der Waals surface area contributed by atoms with E-state index in [2.05, 4.69) is 66.5 Å². The van der Waals surface area contributed by atoms with Crippen LogP contribution in [0.15, 0.2) is 54.1 Å². The van der Waals surface area contributed by atoms with Gasteiger partial charge in [0, 0.05) is 19.0 Å². The number of nitrogens with zero attached hydrogens (tertiary/aromatic N) is 2. The van der Waals surface area contributed by atoms with E-state index in [4.69, 9.17) is 4.98 Å². The maximum atomic E-state index is 5.02. The Morgan fingerprint density at radius 2 is 2.15 bits per heavy atom. The van der Waals surface area contributed by atoms with Crippen LogP contribution >= 0.6 is 11.3 Å². The van der Waals surface area contributed by atoms with Gasteiger partial charge in [0.25, 0.3) is 0 Å². The van der Waals surface area contributed by atoms with E-state index in [0.29, 0.717) is 6.04 Å². The molecule has 3 heteroatoms. The Bertz CT molecular complexity index is 997. The molecule has 2 aliphatic carbocycles. The van der Waals surface area contributed by atoms with Crippen LogP contribution in [0, 0.1) is 5.92 Å². The van der Waals surface area contributed by atoms with Crippen molar-refractivity contribution in [2.45, 2.75) is 32.2 Å². The van der Waals surface area contributed by atoms with Gasteiger partial charge in [-0.15, -0.1) is 11.3 Å². The van der Waals surface area contributed by atoms with Crippen molar-refractivity contribution in [2.75, 3.05) is 13.1 Å². The van der Waals surface area contributed by atoms with E-state index >= 15 is 0 Å². The zero-order valence-corrected chi connectivity index (χ0v) is 16.0. The molecule has 3 aliphatic rings. The Balaban J connectivity index is 1.29. The van der Waals surface area contributed by atoms with E-state index in [-0.39, 0.29) is 0 Å². The number of benzene rings is 1. The first-order valence-corrected chi connectivity index (χ1v) is 10.5. The molecule has 1 unspecified atom stereocenters. The molecule has 2 atom stereocenters. The molecule has 1 aromatic carbocycles. The number of fused-ring (bicyclic) bond motifs is 2. The Labute approximate surface area is 158 Å². The molecule has 132 valence electrons. The average Bonchev–Trinajstić information content (AvgIpc) is 3.37. The standard InChI is InChI=1S/C23H24N2S/c1-16(18-7-3-2-4-8-18)25-12-11-17(15-25)13-22-24-23-20-10-6-5-9-19(20)14-21(23)26-22/h2-9,14,16-17H,10-13,15H2,1H3/t16-,17?/m1/s1. The summed E-state index contributed by atoms with van der Waals surface area (Å²) in [5.74, 6) is 0.735. The highest BCUT2D eigenvalue weighted by atomic mass is 32.1. The topological polar surface area (TPSA) is 16.1 Å². The summed E-state index contributed by atoms with van der Waals surface area (Å²) in [5.41, 5.74) is 4.23. The van der Waals surface area contributed by atoms with Gasteiger partial charge in [0.1, 0.15) is 0 Å². The number of hydrogen-bond acceptors (Lipinski definition) is 3. The smallest absolute Gasteiger partial charge is 0.0942 e. The third-order valence-electron chi connectivity index (χ3n) is 5.96. The molecule has 0 bridgehead atoms. The molecule has 0 radical (unpaired) electrons. The summed E-state index contributed by atoms with van der Waals surface area (Å²) in [6.45, 7) is 4.73. The van der Waals surface area contributed by atoms with Crippen molar-refractivity contribution < 1.29 is 0 Å². The first-order valence-electron chi connectivity index (χ1n) is 9.65. The third-order valence-corrected chi connectivity index (χ3v) is 6.99. The molecule has 2 heterocycles. The Morgan fingerprint density at radius 3 is 3.04 bits per heavy atom. The molecule has 1 aliphatic heterocycles. The maximum Gasteiger partial charge on any atom is 0.0942 e. The summed E-state index contributed by atoms with van der Waals surface area (Å²) in [6, 6.07) is 11.4. The normalized spacial score (nSPS) is 22.7. The lowest BCUT2D eigenvalue weighted by molar-refractivity contribution is 0.252. The Kier molecular flexibility index (Phi) is 4.14. The van der Waals surface area contributed by atoms with Crippen LogP contribution in [-0.2, 0) is 6.42 Å². The number of likely N-dealkylation sites (tertiary alicyclic amines) is 1. The van der Waals surface area contributed by atoms with Crippen LogP contribution in [0.2, 0.25) is 0 Å². The van der Waals surface area contributed by atoms with Crippen molar-refractivity contribution in [3.63, 3.8) is 0 Å². The van der Waals surface area contributed by atoms with Crippen LogP contribution in [0.1, 0.15) is 36.4 Å². The quantitative estimate of drug-likeness (QED) is 0.828. The molecule has 5 rings (SSSR count). The molecule has 1 aromatic heterocycles. The third kappa shape index (κ3) is 2.89. The van der Waals surface area contributed by atoms with Crippen LogP contribution in [0.25, 0.3) is 11.6 Å². The first-order chi connectivity index (χ1) is 12.8. The van der Waals surface area contributed by atoms with Crippen molar-refractivity contribution in [1.82, 2.24) is 9.88 Å². The lowest BCUT2D eigenvalue weighted by Crippen LogP contribution is -2.24. The SMILES string of the molecule is C[C@H](c1ccccc1)N1CCC(Cc2nc3c(s2)=CC2=CC=CCC=32)C1. The molecule has 2 nitrogen and oxygen atoms in total. The van der Waals surface area contributed by atoms with Gasteiger partial charge in [0.05, 0.1) is 14.9 Å². The van der Waals surface area contributed by atoms with E-state index in [0.717, 1.165) is 18.8 Å². The number of hydrogen-bond donors (Lipinski definition) is 0. The molecule has 0 saturated carbocycles. The fourth-order valence-corrected chi connectivity index (χ4v) is 5.60. The van der Waals surface area contributed by atoms with E-state index in [9.17, 15) is 0 Å². The van der Waals surface area contributed by atoms with Gasteiger partial charge in [0.15, 0.2) is 0 Å². The summed E-state index contributed by atoms with van der Waals surface area (Å²) in [5, 5.41) is 2.58. The summed E-state index contributed by atoms with van der Waals surface area (Å²) >= 11 is 1.91. The first kappa shape index (κ1) is 16.2. The van der Waals surface area contributed by atoms with Crippen molar-refractivity contribution in [2.24, 2.45) is 5.92 Å². The van der Waals surface area contributed by atoms with E-state index in [1.165, 1.54) is 51.1 Å². The number of aromatic nitrogens is 1. The molecule has 2 aromatic rings. The minimum absolute atomic E-state index is 0.508. The highest BCUT2D eigenvalue weighted by Gasteiger charge is 2.28. The second kappa shape index (κ2) is 6.64. The summed E-state index contributed by atoms with van der Waals surface area (Å²) in [4.78, 5) is 7.66. The second-order valence-corrected chi connectivity index (χ2v) is 8.75. The molecule has 0 amide bonds. The second-order valence-electron chi connectivity index (χ2n) is 7.64. The lowest BCUT2D eigenvalue weighted by atomic mass is 10.0. The highest BCUT2D eigenvalue weighted by molar-refractivity contribution is 7.09. The fourth-order valence-electron chi connectivity index (χ4n) is 4.44. The fraction of sp³-hybridized carbons (Fsp3) is 0.348. The minimum atomic E-state index is 0.508. The van der Waals surface area contributed by atoms with Crippen molar-refractivity contribution in [3.05, 3.63) is 74.6 Å². The maximum absolute atomic E-state index is 5.02. The predicted molar refractivity (Wildman–Crippen MR) is 109 cm³/mol. The largest absolute Gasteiger partial charge is 0.296 e. The molecular formula is C23H24N2S. The molecule has 26 heavy (non-hydrogen) atoms. The van der Waals surface area contributed by atoms with Crippen LogP contribution in [0.3, 0.4) is 0 Å². The monoisotopic (exact) mass is 360 g/mol. The zero-order valence-electron chi connectivity index (χ0n) is 15.2. The van der Waals surface area contributed by atoms with Crippen LogP contribution in [-0.4, -0.2) is 23.0 Å². The molecule has 0 spiro atoms. The number of thiazole rings is 1. The van der Waals surface area contributed by atoms with Gasteiger partial charge < -0.3 is 0 Å². The lowest BCUT2D eigenvalue weighted by Gasteiger charge is -2.24. The zero-order chi connectivity index (χ0) is 17.5. The average molecular weight is 361 g/mol. The van der Waals surface area contributed by atoms with Gasteiger partial charge in [-0.25, -0.2) is 4.98 Å². The van der Waals surface area contributed by atoms with Gasteiger partial charge >= 0.3 is 0 Å². The molecule has 1 saturated heterocycles. The molecule has 1 fully saturated rings. The summed E-state index contributed by atoms with van der Waals surface area (Å²) in [6.07, 6.45) is 12.4. The number of rotatable bonds is 4. The van der Waals surface area contributed by atoms with Crippen molar-refractivity contribution in [1.29, 1.82) is 0 Å². The summed E-state index contributed by atoms with van der Waals surface area (Å²) in [7, 11) is 0. The van der Waals surface area contributed by atoms with Crippen molar-refractivity contribution in [3.8, 4) is 0 Å². The number of allylic oxidation sites excluding steroid dienone is 4. The highest BCUT2D eigenvalue weighted by Crippen LogP contribution is 2.29. The van der Waals surface area contributed by atoms with Gasteiger partial charge in [-0.3, -0.25) is 4.90 Å². The van der Waals surface area contributed by atoms with Gasteiger partial charge in [0.2, 0.25) is 0 Å². The van der Waals surface area contributed by atoms with Gasteiger partial charge in [-0.1, -0.05) is 48.6 Å². The van der Waals surface area contributed by atoms with Crippen LogP contribution in [0.4, 0.5) is 0 Å². The van der Waals surface area contributed by atoms with Crippen molar-refractivity contribution >= 4 is 23.0 Å². The van der Waals surface area contributed by atoms with E-state index < -0.39 is 0 Å². The predicted octanol–water partition coefficient (Wildman–Crippen LogP) is 3.60. The van der Waals surface area contributed by atoms with E-state index in [1.807, 2.05) is 11.3 Å². The molecule has 0 N–H and O–H groups in total. The molecular weight excluding hydrogens is 336 g/mol. The minimum Gasteiger partial charge on any atom is -0.296 e. The van der Waals surface area contributed by atoms with E-state index in [1.54, 1.807) is 0 Å². The summed E-state index contributed by atoms with van der Waals surface area (Å²) < 4.78 is 1.37.